The maximum atomic E-state index is 9.80. The van der Waals surface area contributed by atoms with Gasteiger partial charge in [0, 0.05) is 6.42 Å². The van der Waals surface area contributed by atoms with E-state index < -0.39 is 0 Å². The van der Waals surface area contributed by atoms with Gasteiger partial charge in [-0.1, -0.05) is 44.8 Å². The molecule has 0 heterocycles. The zero-order valence-corrected chi connectivity index (χ0v) is 8.01. The second-order valence-corrected chi connectivity index (χ2v) is 3.02. The fourth-order valence-electron chi connectivity index (χ4n) is 1.12. The van der Waals surface area contributed by atoms with Gasteiger partial charge in [-0.15, -0.1) is 0 Å². The predicted molar refractivity (Wildman–Crippen MR) is 52.8 cm³/mol. The maximum Gasteiger partial charge on any atom is 0.202 e. The molecule has 1 radical (unpaired) electrons. The molecule has 0 saturated carbocycles. The van der Waals surface area contributed by atoms with Crippen molar-refractivity contribution in [1.82, 2.24) is 0 Å². The van der Waals surface area contributed by atoms with E-state index in [1.165, 1.54) is 32.1 Å². The minimum atomic E-state index is 0.453. The molecular weight excluding hydrogens is 148 g/mol. The molecule has 0 aliphatic rings. The van der Waals surface area contributed by atoms with E-state index in [2.05, 4.69) is 13.0 Å². The maximum absolute atomic E-state index is 9.80. The normalized spacial score (nSPS) is 10.8. The van der Waals surface area contributed by atoms with Crippen molar-refractivity contribution < 1.29 is 4.79 Å². The lowest BCUT2D eigenvalue weighted by Gasteiger charge is -1.95. The number of carbonyl (C=O) groups excluding carboxylic acids is 1. The van der Waals surface area contributed by atoms with Gasteiger partial charge in [0.2, 0.25) is 6.29 Å². The third kappa shape index (κ3) is 9.41. The molecule has 0 amide bonds. The lowest BCUT2D eigenvalue weighted by Crippen LogP contribution is -1.76. The van der Waals surface area contributed by atoms with Crippen LogP contribution < -0.4 is 0 Å². The Morgan fingerprint density at radius 2 is 1.83 bits per heavy atom. The van der Waals surface area contributed by atoms with Crippen LogP contribution in [0.5, 0.6) is 0 Å². The van der Waals surface area contributed by atoms with Crippen molar-refractivity contribution in [2.24, 2.45) is 0 Å². The molecular formula is C11H19O. The summed E-state index contributed by atoms with van der Waals surface area (Å²) in [5.41, 5.74) is 0. The van der Waals surface area contributed by atoms with Crippen LogP contribution in [0.1, 0.15) is 51.9 Å². The van der Waals surface area contributed by atoms with Gasteiger partial charge < -0.3 is 0 Å². The largest absolute Gasteiger partial charge is 0.291 e. The first kappa shape index (κ1) is 11.4. The van der Waals surface area contributed by atoms with Crippen molar-refractivity contribution in [3.05, 3.63) is 12.2 Å². The molecule has 0 fully saturated rings. The van der Waals surface area contributed by atoms with Crippen LogP contribution in [0.3, 0.4) is 0 Å². The summed E-state index contributed by atoms with van der Waals surface area (Å²) >= 11 is 0. The number of rotatable bonds is 8. The van der Waals surface area contributed by atoms with Crippen LogP contribution >= 0.6 is 0 Å². The molecule has 0 aromatic rings. The Labute approximate surface area is 75.9 Å². The summed E-state index contributed by atoms with van der Waals surface area (Å²) in [6.45, 7) is 2.22. The highest BCUT2D eigenvalue weighted by Crippen LogP contribution is 2.05. The Hall–Kier alpha value is -0.590. The third-order valence-corrected chi connectivity index (χ3v) is 1.84. The standard InChI is InChI=1S/C11H19O/c1-2-3-4-5-6-7-8-9-10-11-12/h8-9H,2-7,10H2,1H3. The van der Waals surface area contributed by atoms with E-state index >= 15 is 0 Å². The van der Waals surface area contributed by atoms with Crippen molar-refractivity contribution in [2.75, 3.05) is 0 Å². The summed E-state index contributed by atoms with van der Waals surface area (Å²) in [5, 5.41) is 0. The van der Waals surface area contributed by atoms with Crippen molar-refractivity contribution in [3.63, 3.8) is 0 Å². The van der Waals surface area contributed by atoms with Gasteiger partial charge in [0.1, 0.15) is 0 Å². The van der Waals surface area contributed by atoms with Crippen LogP contribution in [0.4, 0.5) is 0 Å². The predicted octanol–water partition coefficient (Wildman–Crippen LogP) is 3.40. The Bertz CT molecular complexity index is 116. The summed E-state index contributed by atoms with van der Waals surface area (Å²) < 4.78 is 0. The summed E-state index contributed by atoms with van der Waals surface area (Å²) in [4.78, 5) is 9.80. The number of hydrogen-bond acceptors (Lipinski definition) is 1. The number of allylic oxidation sites excluding steroid dienone is 2. The molecule has 0 bridgehead atoms. The van der Waals surface area contributed by atoms with Gasteiger partial charge in [-0.3, -0.25) is 4.79 Å². The highest BCUT2D eigenvalue weighted by Gasteiger charge is 1.85. The zero-order valence-electron chi connectivity index (χ0n) is 8.01. The van der Waals surface area contributed by atoms with E-state index in [0.717, 1.165) is 6.42 Å². The van der Waals surface area contributed by atoms with Gasteiger partial charge in [-0.2, -0.15) is 0 Å². The van der Waals surface area contributed by atoms with E-state index in [0.29, 0.717) is 6.42 Å². The minimum Gasteiger partial charge on any atom is -0.291 e. The highest BCUT2D eigenvalue weighted by atomic mass is 16.1. The fourth-order valence-corrected chi connectivity index (χ4v) is 1.12. The van der Waals surface area contributed by atoms with Crippen molar-refractivity contribution in [1.29, 1.82) is 0 Å². The topological polar surface area (TPSA) is 17.1 Å². The van der Waals surface area contributed by atoms with Gasteiger partial charge >= 0.3 is 0 Å². The lowest BCUT2D eigenvalue weighted by atomic mass is 10.1. The van der Waals surface area contributed by atoms with E-state index in [4.69, 9.17) is 0 Å². The molecule has 0 unspecified atom stereocenters. The van der Waals surface area contributed by atoms with Crippen LogP contribution in [0.15, 0.2) is 12.2 Å². The van der Waals surface area contributed by atoms with E-state index in [1.54, 1.807) is 0 Å². The van der Waals surface area contributed by atoms with Crippen molar-refractivity contribution in [2.45, 2.75) is 51.9 Å². The minimum absolute atomic E-state index is 0.453. The Kier molecular flexibility index (Phi) is 9.90. The Morgan fingerprint density at radius 1 is 1.08 bits per heavy atom. The summed E-state index contributed by atoms with van der Waals surface area (Å²) in [5.74, 6) is 0. The molecule has 0 atom stereocenters. The van der Waals surface area contributed by atoms with Gasteiger partial charge in [0.05, 0.1) is 0 Å². The average Bonchev–Trinajstić information content (AvgIpc) is 2.10. The first-order valence-electron chi connectivity index (χ1n) is 4.91. The van der Waals surface area contributed by atoms with E-state index in [9.17, 15) is 4.79 Å². The molecule has 1 heteroatoms. The van der Waals surface area contributed by atoms with Crippen LogP contribution in [0.25, 0.3) is 0 Å². The van der Waals surface area contributed by atoms with Crippen LogP contribution in [-0.2, 0) is 4.79 Å². The molecule has 0 aliphatic heterocycles. The van der Waals surface area contributed by atoms with Gasteiger partial charge in [0.15, 0.2) is 0 Å². The molecule has 0 N–H and O–H groups in total. The Morgan fingerprint density at radius 3 is 2.50 bits per heavy atom. The molecule has 1 nitrogen and oxygen atoms in total. The first-order chi connectivity index (χ1) is 5.91. The van der Waals surface area contributed by atoms with Crippen molar-refractivity contribution >= 4 is 6.29 Å². The smallest absolute Gasteiger partial charge is 0.202 e. The van der Waals surface area contributed by atoms with Crippen LogP contribution in [-0.4, -0.2) is 6.29 Å². The Balaban J connectivity index is 2.94. The quantitative estimate of drug-likeness (QED) is 0.400. The molecule has 0 rings (SSSR count). The molecule has 0 saturated heterocycles. The molecule has 69 valence electrons. The third-order valence-electron chi connectivity index (χ3n) is 1.84. The highest BCUT2D eigenvalue weighted by molar-refractivity contribution is 5.52. The molecule has 0 aromatic heterocycles. The summed E-state index contributed by atoms with van der Waals surface area (Å²) in [6, 6.07) is 0. The monoisotopic (exact) mass is 167 g/mol. The number of hydrogen-bond donors (Lipinski definition) is 0. The fraction of sp³-hybridized carbons (Fsp3) is 0.727. The van der Waals surface area contributed by atoms with E-state index in [1.807, 2.05) is 12.4 Å². The lowest BCUT2D eigenvalue weighted by molar-refractivity contribution is 0.556. The summed E-state index contributed by atoms with van der Waals surface area (Å²) in [6.07, 6.45) is 14.0. The van der Waals surface area contributed by atoms with Gasteiger partial charge in [0.25, 0.3) is 0 Å². The summed E-state index contributed by atoms with van der Waals surface area (Å²) in [7, 11) is 0. The second-order valence-electron chi connectivity index (χ2n) is 3.02. The van der Waals surface area contributed by atoms with Gasteiger partial charge in [-0.05, 0) is 12.8 Å². The van der Waals surface area contributed by atoms with Crippen LogP contribution in [0.2, 0.25) is 0 Å². The SMILES string of the molecule is CCCCCCCC=CC[C]=O. The first-order valence-corrected chi connectivity index (χ1v) is 4.91. The molecule has 0 spiro atoms. The number of unbranched alkanes of at least 4 members (excludes halogenated alkanes) is 5. The van der Waals surface area contributed by atoms with Crippen LogP contribution in [0, 0.1) is 0 Å². The molecule has 0 aliphatic carbocycles. The second kappa shape index (κ2) is 10.4. The van der Waals surface area contributed by atoms with Gasteiger partial charge in [-0.25, -0.2) is 0 Å². The van der Waals surface area contributed by atoms with E-state index in [-0.39, 0.29) is 0 Å². The molecule has 0 aromatic carbocycles. The molecule has 12 heavy (non-hydrogen) atoms. The van der Waals surface area contributed by atoms with Crippen molar-refractivity contribution in [3.8, 4) is 0 Å². The zero-order chi connectivity index (χ0) is 9.07. The average molecular weight is 167 g/mol.